The molecular formula is C16H23BrN2O2. The molecule has 0 bridgehead atoms. The zero-order valence-electron chi connectivity index (χ0n) is 12.4. The van der Waals surface area contributed by atoms with Crippen LogP contribution in [0.1, 0.15) is 48.8 Å². The summed E-state index contributed by atoms with van der Waals surface area (Å²) in [5, 5.41) is 8.73. The highest BCUT2D eigenvalue weighted by Crippen LogP contribution is 2.34. The number of hydrogen-bond donors (Lipinski definition) is 2. The predicted molar refractivity (Wildman–Crippen MR) is 87.4 cm³/mol. The van der Waals surface area contributed by atoms with Crippen molar-refractivity contribution >= 4 is 21.9 Å². The smallest absolute Gasteiger partial charge is 0.303 e. The first-order chi connectivity index (χ1) is 9.97. The largest absolute Gasteiger partial charge is 0.481 e. The highest BCUT2D eigenvalue weighted by Gasteiger charge is 2.21. The Kier molecular flexibility index (Phi) is 5.79. The summed E-state index contributed by atoms with van der Waals surface area (Å²) in [6.07, 6.45) is 2.93. The number of aliphatic carboxylic acids is 1. The van der Waals surface area contributed by atoms with Gasteiger partial charge in [-0.15, -0.1) is 0 Å². The maximum absolute atomic E-state index is 10.6. The number of carboxylic acid groups (broad SMARTS) is 1. The van der Waals surface area contributed by atoms with Gasteiger partial charge in [0.05, 0.1) is 0 Å². The number of benzene rings is 1. The van der Waals surface area contributed by atoms with Crippen molar-refractivity contribution in [3.05, 3.63) is 33.8 Å². The van der Waals surface area contributed by atoms with Gasteiger partial charge < -0.3 is 15.7 Å². The van der Waals surface area contributed by atoms with Gasteiger partial charge in [0.2, 0.25) is 0 Å². The van der Waals surface area contributed by atoms with E-state index in [2.05, 4.69) is 40.0 Å². The Morgan fingerprint density at radius 1 is 1.48 bits per heavy atom. The molecule has 1 aliphatic rings. The summed E-state index contributed by atoms with van der Waals surface area (Å²) in [5.74, 6) is -0.202. The number of halogens is 1. The van der Waals surface area contributed by atoms with Crippen LogP contribution in [0.25, 0.3) is 0 Å². The minimum Gasteiger partial charge on any atom is -0.481 e. The van der Waals surface area contributed by atoms with Crippen molar-refractivity contribution in [1.29, 1.82) is 0 Å². The Morgan fingerprint density at radius 3 is 2.71 bits per heavy atom. The molecule has 1 aliphatic heterocycles. The summed E-state index contributed by atoms with van der Waals surface area (Å²) in [4.78, 5) is 13.0. The van der Waals surface area contributed by atoms with Crippen LogP contribution in [0.15, 0.2) is 22.7 Å². The van der Waals surface area contributed by atoms with Crippen molar-refractivity contribution in [3.63, 3.8) is 0 Å². The minimum atomic E-state index is -0.799. The van der Waals surface area contributed by atoms with Gasteiger partial charge >= 0.3 is 5.97 Å². The maximum Gasteiger partial charge on any atom is 0.303 e. The molecule has 116 valence electrons. The SMILES string of the molecule is CN1CCC(c2ccc(C(N)CCC(=O)O)cc2Br)CC1. The molecule has 1 heterocycles. The normalized spacial score (nSPS) is 18.6. The van der Waals surface area contributed by atoms with Crippen LogP contribution in [0, 0.1) is 0 Å². The van der Waals surface area contributed by atoms with Crippen LogP contribution in [-0.4, -0.2) is 36.1 Å². The maximum atomic E-state index is 10.6. The summed E-state index contributed by atoms with van der Waals surface area (Å²) in [6, 6.07) is 6.03. The Balaban J connectivity index is 2.05. The lowest BCUT2D eigenvalue weighted by atomic mass is 9.88. The van der Waals surface area contributed by atoms with Crippen molar-refractivity contribution in [1.82, 2.24) is 4.90 Å². The molecule has 3 N–H and O–H groups in total. The van der Waals surface area contributed by atoms with Gasteiger partial charge in [-0.05, 0) is 62.5 Å². The van der Waals surface area contributed by atoms with E-state index in [0.717, 1.165) is 23.1 Å². The fraction of sp³-hybridized carbons (Fsp3) is 0.562. The van der Waals surface area contributed by atoms with E-state index < -0.39 is 5.97 Å². The number of carboxylic acids is 1. The Bertz CT molecular complexity index is 499. The Labute approximate surface area is 134 Å². The minimum absolute atomic E-state index is 0.107. The van der Waals surface area contributed by atoms with E-state index in [-0.39, 0.29) is 12.5 Å². The highest BCUT2D eigenvalue weighted by atomic mass is 79.9. The van der Waals surface area contributed by atoms with Crippen LogP contribution in [0.5, 0.6) is 0 Å². The van der Waals surface area contributed by atoms with E-state index in [1.54, 1.807) is 0 Å². The molecule has 4 nitrogen and oxygen atoms in total. The summed E-state index contributed by atoms with van der Waals surface area (Å²) in [5.41, 5.74) is 8.41. The fourth-order valence-electron chi connectivity index (χ4n) is 2.87. The van der Waals surface area contributed by atoms with Gasteiger partial charge in [0, 0.05) is 16.9 Å². The van der Waals surface area contributed by atoms with Crippen molar-refractivity contribution in [2.75, 3.05) is 20.1 Å². The van der Waals surface area contributed by atoms with Gasteiger partial charge in [0.25, 0.3) is 0 Å². The van der Waals surface area contributed by atoms with E-state index in [9.17, 15) is 4.79 Å². The molecule has 1 unspecified atom stereocenters. The molecule has 0 saturated carbocycles. The lowest BCUT2D eigenvalue weighted by Gasteiger charge is -2.30. The average Bonchev–Trinajstić information content (AvgIpc) is 2.45. The summed E-state index contributed by atoms with van der Waals surface area (Å²) < 4.78 is 1.10. The Morgan fingerprint density at radius 2 is 2.14 bits per heavy atom. The van der Waals surface area contributed by atoms with Gasteiger partial charge in [-0.1, -0.05) is 28.1 Å². The predicted octanol–water partition coefficient (Wildman–Crippen LogP) is 3.12. The monoisotopic (exact) mass is 354 g/mol. The molecule has 5 heteroatoms. The van der Waals surface area contributed by atoms with Crippen molar-refractivity contribution in [2.45, 2.75) is 37.6 Å². The second kappa shape index (κ2) is 7.38. The van der Waals surface area contributed by atoms with Gasteiger partial charge in [0.15, 0.2) is 0 Å². The molecular weight excluding hydrogens is 332 g/mol. The highest BCUT2D eigenvalue weighted by molar-refractivity contribution is 9.10. The number of rotatable bonds is 5. The third-order valence-corrected chi connectivity index (χ3v) is 4.97. The van der Waals surface area contributed by atoms with Crippen molar-refractivity contribution < 1.29 is 9.90 Å². The standard InChI is InChI=1S/C16H23BrN2O2/c1-19-8-6-11(7-9-19)13-3-2-12(10-14(13)17)15(18)4-5-16(20)21/h2-3,10-11,15H,4-9,18H2,1H3,(H,20,21). The number of nitrogens with two attached hydrogens (primary N) is 1. The van der Waals surface area contributed by atoms with Crippen molar-refractivity contribution in [2.24, 2.45) is 5.73 Å². The van der Waals surface area contributed by atoms with Crippen LogP contribution in [0.2, 0.25) is 0 Å². The summed E-state index contributed by atoms with van der Waals surface area (Å²) in [7, 11) is 2.16. The zero-order chi connectivity index (χ0) is 15.4. The number of hydrogen-bond acceptors (Lipinski definition) is 3. The summed E-state index contributed by atoms with van der Waals surface area (Å²) >= 11 is 3.66. The van der Waals surface area contributed by atoms with Gasteiger partial charge in [-0.2, -0.15) is 0 Å². The third kappa shape index (κ3) is 4.53. The average molecular weight is 355 g/mol. The second-order valence-electron chi connectivity index (χ2n) is 5.90. The Hall–Kier alpha value is -0.910. The van der Waals surface area contributed by atoms with Crippen LogP contribution in [0.4, 0.5) is 0 Å². The molecule has 0 aromatic heterocycles. The zero-order valence-corrected chi connectivity index (χ0v) is 14.0. The molecule has 0 spiro atoms. The topological polar surface area (TPSA) is 66.6 Å². The number of carbonyl (C=O) groups is 1. The van der Waals surface area contributed by atoms with Gasteiger partial charge in [-0.3, -0.25) is 4.79 Å². The molecule has 1 fully saturated rings. The molecule has 1 atom stereocenters. The van der Waals surface area contributed by atoms with E-state index in [0.29, 0.717) is 12.3 Å². The molecule has 0 amide bonds. The van der Waals surface area contributed by atoms with Crippen LogP contribution < -0.4 is 5.73 Å². The fourth-order valence-corrected chi connectivity index (χ4v) is 3.59. The van der Waals surface area contributed by atoms with Gasteiger partial charge in [0.1, 0.15) is 0 Å². The van der Waals surface area contributed by atoms with Crippen LogP contribution in [-0.2, 0) is 4.79 Å². The first-order valence-corrected chi connectivity index (χ1v) is 8.22. The van der Waals surface area contributed by atoms with Gasteiger partial charge in [-0.25, -0.2) is 0 Å². The number of nitrogens with zero attached hydrogens (tertiary/aromatic N) is 1. The van der Waals surface area contributed by atoms with E-state index >= 15 is 0 Å². The molecule has 0 aliphatic carbocycles. The number of likely N-dealkylation sites (tertiary alicyclic amines) is 1. The van der Waals surface area contributed by atoms with E-state index in [4.69, 9.17) is 10.8 Å². The molecule has 2 rings (SSSR count). The lowest BCUT2D eigenvalue weighted by Crippen LogP contribution is -2.29. The summed E-state index contributed by atoms with van der Waals surface area (Å²) in [6.45, 7) is 2.27. The molecule has 1 aromatic carbocycles. The molecule has 1 saturated heterocycles. The lowest BCUT2D eigenvalue weighted by molar-refractivity contribution is -0.137. The van der Waals surface area contributed by atoms with Crippen molar-refractivity contribution in [3.8, 4) is 0 Å². The van der Waals surface area contributed by atoms with Crippen LogP contribution in [0.3, 0.4) is 0 Å². The number of piperidine rings is 1. The first-order valence-electron chi connectivity index (χ1n) is 7.42. The molecule has 0 radical (unpaired) electrons. The second-order valence-corrected chi connectivity index (χ2v) is 6.75. The third-order valence-electron chi connectivity index (χ3n) is 4.28. The first kappa shape index (κ1) is 16.5. The molecule has 21 heavy (non-hydrogen) atoms. The quantitative estimate of drug-likeness (QED) is 0.852. The van der Waals surface area contributed by atoms with E-state index in [1.165, 1.54) is 18.4 Å². The van der Waals surface area contributed by atoms with Crippen LogP contribution >= 0.6 is 15.9 Å². The van der Waals surface area contributed by atoms with E-state index in [1.807, 2.05) is 6.07 Å². The molecule has 1 aromatic rings.